The fourth-order valence-corrected chi connectivity index (χ4v) is 10.9. The van der Waals surface area contributed by atoms with Gasteiger partial charge in [0.15, 0.2) is 5.82 Å². The van der Waals surface area contributed by atoms with Crippen LogP contribution in [-0.2, 0) is 23.8 Å². The summed E-state index contributed by atoms with van der Waals surface area (Å²) in [5, 5.41) is 16.3. The summed E-state index contributed by atoms with van der Waals surface area (Å²) >= 11 is 6.87. The van der Waals surface area contributed by atoms with Gasteiger partial charge in [-0.1, -0.05) is 50.8 Å². The van der Waals surface area contributed by atoms with Crippen molar-refractivity contribution in [1.82, 2.24) is 19.4 Å². The van der Waals surface area contributed by atoms with Crippen molar-refractivity contribution in [2.45, 2.75) is 46.1 Å². The van der Waals surface area contributed by atoms with Gasteiger partial charge in [0.05, 0.1) is 36.2 Å². The van der Waals surface area contributed by atoms with E-state index >= 15 is 0 Å². The molecule has 1 atom stereocenters. The van der Waals surface area contributed by atoms with E-state index < -0.39 is 6.19 Å². The van der Waals surface area contributed by atoms with Crippen molar-refractivity contribution in [1.29, 1.82) is 5.26 Å². The van der Waals surface area contributed by atoms with Crippen molar-refractivity contribution in [3.63, 3.8) is 0 Å². The van der Waals surface area contributed by atoms with Crippen LogP contribution in [0.1, 0.15) is 38.4 Å². The van der Waals surface area contributed by atoms with Crippen LogP contribution in [0.2, 0.25) is 0 Å². The summed E-state index contributed by atoms with van der Waals surface area (Å²) in [4.78, 5) is 9.81. The topological polar surface area (TPSA) is 63.7 Å². The Morgan fingerprint density at radius 3 is 2.54 bits per heavy atom. The number of rotatable bonds is 4. The van der Waals surface area contributed by atoms with Gasteiger partial charge in [-0.3, -0.25) is 4.67 Å². The Bertz CT molecular complexity index is 1310. The molecule has 0 radical (unpaired) electrons. The molecule has 1 fully saturated rings. The second-order valence-electron chi connectivity index (χ2n) is 10.0. The van der Waals surface area contributed by atoms with Gasteiger partial charge in [-0.25, -0.2) is 9.67 Å². The first-order valence-corrected chi connectivity index (χ1v) is 15.2. The number of aliphatic imine (C=N–C) groups is 1. The highest BCUT2D eigenvalue weighted by atomic mass is 32.4. The summed E-state index contributed by atoms with van der Waals surface area (Å²) in [5.74, 6) is 0.847. The number of allylic oxidation sites excluding steroid dienone is 2. The smallest absolute Gasteiger partial charge is 0.160 e. The summed E-state index contributed by atoms with van der Waals surface area (Å²) in [6, 6.07) is 10.9. The van der Waals surface area contributed by atoms with Crippen LogP contribution in [0.5, 0.6) is 0 Å². The van der Waals surface area contributed by atoms with Crippen LogP contribution in [-0.4, -0.2) is 65.3 Å². The number of benzene rings is 1. The van der Waals surface area contributed by atoms with Crippen molar-refractivity contribution in [2.75, 3.05) is 44.7 Å². The number of nitriles is 1. The standard InChI is InChI=1S/C26H34N7PS/c1-6-31-14-16-32(17-15-31)34(35)22(18-28-25-23(34)19(2)29-33(25)13-9-12-27)24-26(3,4)20-10-7-8-11-21(20)30(24)5/h7-8,10-11,18H,6,9,13-17H2,1-5H3. The first-order chi connectivity index (χ1) is 16.7. The van der Waals surface area contributed by atoms with E-state index in [2.05, 4.69) is 79.5 Å². The van der Waals surface area contributed by atoms with Crippen LogP contribution in [0.25, 0.3) is 0 Å². The van der Waals surface area contributed by atoms with E-state index in [0.29, 0.717) is 13.0 Å². The van der Waals surface area contributed by atoms with Crippen LogP contribution in [0.4, 0.5) is 11.5 Å². The van der Waals surface area contributed by atoms with Crippen LogP contribution in [0.3, 0.4) is 0 Å². The van der Waals surface area contributed by atoms with Gasteiger partial charge in [0.2, 0.25) is 0 Å². The minimum atomic E-state index is -2.41. The maximum Gasteiger partial charge on any atom is 0.160 e. The molecule has 0 saturated carbocycles. The third kappa shape index (κ3) is 3.64. The lowest BCUT2D eigenvalue weighted by Crippen LogP contribution is -2.46. The number of likely N-dealkylation sites (N-methyl/N-ethyl adjacent to an activating group) is 2. The third-order valence-electron chi connectivity index (χ3n) is 7.75. The molecule has 3 aliphatic rings. The Morgan fingerprint density at radius 1 is 1.17 bits per heavy atom. The largest absolute Gasteiger partial charge is 0.346 e. The minimum absolute atomic E-state index is 0.190. The zero-order valence-corrected chi connectivity index (χ0v) is 23.0. The molecule has 1 aromatic heterocycles. The summed E-state index contributed by atoms with van der Waals surface area (Å²) in [7, 11) is 2.16. The molecule has 0 N–H and O–H groups in total. The van der Waals surface area contributed by atoms with E-state index in [9.17, 15) is 5.26 Å². The average molecular weight is 508 g/mol. The van der Waals surface area contributed by atoms with Crippen LogP contribution < -0.4 is 10.2 Å². The lowest BCUT2D eigenvalue weighted by Gasteiger charge is -2.44. The number of hydrogen-bond donors (Lipinski definition) is 0. The van der Waals surface area contributed by atoms with Crippen molar-refractivity contribution in [2.24, 2.45) is 4.99 Å². The summed E-state index contributed by atoms with van der Waals surface area (Å²) in [6.45, 7) is 14.4. The van der Waals surface area contributed by atoms with Crippen molar-refractivity contribution in [3.05, 3.63) is 46.5 Å². The number of aryl methyl sites for hydroxylation is 2. The predicted molar refractivity (Wildman–Crippen MR) is 148 cm³/mol. The van der Waals surface area contributed by atoms with Crippen LogP contribution >= 0.6 is 6.19 Å². The molecule has 184 valence electrons. The lowest BCUT2D eigenvalue weighted by molar-refractivity contribution is 0.202. The molecule has 5 rings (SSSR count). The molecule has 7 nitrogen and oxygen atoms in total. The number of hydrogen-bond acceptors (Lipinski definition) is 6. The molecule has 0 spiro atoms. The zero-order chi connectivity index (χ0) is 25.0. The van der Waals surface area contributed by atoms with Gasteiger partial charge in [0, 0.05) is 61.6 Å². The van der Waals surface area contributed by atoms with E-state index in [1.807, 2.05) is 10.9 Å². The second kappa shape index (κ2) is 8.97. The number of piperazine rings is 1. The van der Waals surface area contributed by atoms with E-state index in [1.165, 1.54) is 22.3 Å². The molecular formula is C26H34N7PS. The Hall–Kier alpha value is -2.30. The van der Waals surface area contributed by atoms with E-state index in [4.69, 9.17) is 21.9 Å². The van der Waals surface area contributed by atoms with Crippen molar-refractivity contribution >= 4 is 41.0 Å². The monoisotopic (exact) mass is 507 g/mol. The summed E-state index contributed by atoms with van der Waals surface area (Å²) in [6.07, 6.45) is 0.0360. The molecule has 1 aromatic carbocycles. The number of aromatic nitrogens is 2. The van der Waals surface area contributed by atoms with Gasteiger partial charge in [-0.15, -0.1) is 0 Å². The maximum absolute atomic E-state index is 9.18. The lowest BCUT2D eigenvalue weighted by atomic mass is 9.84. The molecular weight excluding hydrogens is 473 g/mol. The third-order valence-corrected chi connectivity index (χ3v) is 12.9. The molecule has 3 aliphatic heterocycles. The van der Waals surface area contributed by atoms with Crippen molar-refractivity contribution < 1.29 is 0 Å². The van der Waals surface area contributed by atoms with E-state index in [-0.39, 0.29) is 5.41 Å². The van der Waals surface area contributed by atoms with Gasteiger partial charge in [-0.05, 0) is 25.1 Å². The van der Waals surface area contributed by atoms with Crippen LogP contribution in [0, 0.1) is 18.3 Å². The Labute approximate surface area is 213 Å². The van der Waals surface area contributed by atoms with E-state index in [1.54, 1.807) is 0 Å². The molecule has 1 unspecified atom stereocenters. The zero-order valence-electron chi connectivity index (χ0n) is 21.3. The predicted octanol–water partition coefficient (Wildman–Crippen LogP) is 4.12. The Kier molecular flexibility index (Phi) is 6.26. The highest BCUT2D eigenvalue weighted by Gasteiger charge is 2.47. The highest BCUT2D eigenvalue weighted by Crippen LogP contribution is 2.64. The Morgan fingerprint density at radius 2 is 1.89 bits per heavy atom. The SMILES string of the molecule is CCN1CCN(P2(=S)C(=C3N(C)c4ccccc4C3(C)C)C=Nc3c2c(C)nn3CCC#N)CC1. The minimum Gasteiger partial charge on any atom is -0.346 e. The molecule has 0 bridgehead atoms. The second-order valence-corrected chi connectivity index (χ2v) is 14.3. The first-order valence-electron chi connectivity index (χ1n) is 12.4. The fourth-order valence-electron chi connectivity index (χ4n) is 5.96. The fraction of sp³-hybridized carbons (Fsp3) is 0.500. The molecule has 0 amide bonds. The average Bonchev–Trinajstić information content (AvgIpc) is 3.29. The number of fused-ring (bicyclic) bond motifs is 2. The number of para-hydroxylation sites is 1. The molecule has 9 heteroatoms. The first kappa shape index (κ1) is 24.4. The molecule has 4 heterocycles. The molecule has 2 aromatic rings. The quantitative estimate of drug-likeness (QED) is 0.581. The Balaban J connectivity index is 1.74. The molecule has 0 aliphatic carbocycles. The summed E-state index contributed by atoms with van der Waals surface area (Å²) < 4.78 is 4.46. The van der Waals surface area contributed by atoms with E-state index in [0.717, 1.165) is 49.5 Å². The molecule has 35 heavy (non-hydrogen) atoms. The normalized spacial score (nSPS) is 26.0. The maximum atomic E-state index is 9.18. The van der Waals surface area contributed by atoms with Gasteiger partial charge >= 0.3 is 0 Å². The van der Waals surface area contributed by atoms with Crippen LogP contribution in [0.15, 0.2) is 40.3 Å². The highest BCUT2D eigenvalue weighted by molar-refractivity contribution is 8.19. The number of anilines is 1. The van der Waals surface area contributed by atoms with Crippen molar-refractivity contribution in [3.8, 4) is 6.07 Å². The van der Waals surface area contributed by atoms with Gasteiger partial charge in [0.25, 0.3) is 0 Å². The summed E-state index contributed by atoms with van der Waals surface area (Å²) in [5.41, 5.74) is 4.56. The molecule has 1 saturated heterocycles. The van der Waals surface area contributed by atoms with Gasteiger partial charge < -0.3 is 9.80 Å². The number of nitrogens with zero attached hydrogens (tertiary/aromatic N) is 7. The van der Waals surface area contributed by atoms with Gasteiger partial charge in [0.1, 0.15) is 0 Å². The van der Waals surface area contributed by atoms with Gasteiger partial charge in [-0.2, -0.15) is 10.4 Å².